The van der Waals surface area contributed by atoms with Gasteiger partial charge in [0.1, 0.15) is 0 Å². The summed E-state index contributed by atoms with van der Waals surface area (Å²) in [6.45, 7) is 26.6. The lowest BCUT2D eigenvalue weighted by Crippen LogP contribution is -2.61. The van der Waals surface area contributed by atoms with Crippen LogP contribution in [0.2, 0.25) is 0 Å². The summed E-state index contributed by atoms with van der Waals surface area (Å²) >= 11 is 0. The molecule has 0 N–H and O–H groups in total. The molecule has 0 atom stereocenters. The van der Waals surface area contributed by atoms with Crippen molar-refractivity contribution < 1.29 is 11.0 Å². The van der Waals surface area contributed by atoms with Gasteiger partial charge in [-0.25, -0.2) is 15.0 Å². The average molecular weight is 1440 g/mol. The minimum Gasteiger partial charge on any atom is -0.311 e. The van der Waals surface area contributed by atoms with Gasteiger partial charge in [0.05, 0.1) is 44.4 Å². The van der Waals surface area contributed by atoms with Crippen LogP contribution in [0.3, 0.4) is 0 Å². The molecule has 14 aromatic carbocycles. The minimum atomic E-state index is -0.558. The molecule has 17 aromatic rings. The van der Waals surface area contributed by atoms with E-state index < -0.39 is 65.9 Å². The van der Waals surface area contributed by atoms with Crippen molar-refractivity contribution in [3.63, 3.8) is 0 Å². The molecule has 111 heavy (non-hydrogen) atoms. The Balaban J connectivity index is 1.01. The van der Waals surface area contributed by atoms with Crippen molar-refractivity contribution in [3.05, 3.63) is 338 Å². The Morgan fingerprint density at radius 1 is 0.279 bits per heavy atom. The molecule has 0 saturated heterocycles. The summed E-state index contributed by atoms with van der Waals surface area (Å²) in [4.78, 5) is 21.6. The zero-order valence-electron chi connectivity index (χ0n) is 72.6. The van der Waals surface area contributed by atoms with Crippen molar-refractivity contribution in [2.45, 2.75) is 105 Å². The molecule has 538 valence electrons. The second-order valence-corrected chi connectivity index (χ2v) is 33.9. The first-order valence-electron chi connectivity index (χ1n) is 42.4. The van der Waals surface area contributed by atoms with E-state index in [1.165, 1.54) is 21.9 Å². The van der Waals surface area contributed by atoms with Crippen LogP contribution in [0.15, 0.2) is 315 Å². The van der Waals surface area contributed by atoms with E-state index in [-0.39, 0.29) is 32.6 Å². The number of fused-ring (bicyclic) bond motifs is 10. The molecule has 0 radical (unpaired) electrons. The second kappa shape index (κ2) is 26.0. The Labute approximate surface area is 663 Å². The number of hydrogen-bond acceptors (Lipinski definition) is 5. The van der Waals surface area contributed by atoms with Crippen LogP contribution in [0, 0.1) is 0 Å². The summed E-state index contributed by atoms with van der Waals surface area (Å²) in [5, 5.41) is 2.31. The third kappa shape index (κ3) is 11.8. The summed E-state index contributed by atoms with van der Waals surface area (Å²) in [6.07, 6.45) is 0. The molecule has 2 aliphatic rings. The number of aromatic nitrogens is 5. The first kappa shape index (κ1) is 60.3. The summed E-state index contributed by atoms with van der Waals surface area (Å²) in [6, 6.07) is 91.7. The van der Waals surface area contributed by atoms with Crippen LogP contribution < -0.4 is 26.2 Å². The predicted octanol–water partition coefficient (Wildman–Crippen LogP) is 25.3. The largest absolute Gasteiger partial charge is 0.311 e. The molecule has 2 aliphatic heterocycles. The van der Waals surface area contributed by atoms with E-state index >= 15 is 0 Å². The minimum absolute atomic E-state index is 0.0123. The molecule has 0 saturated carbocycles. The highest BCUT2D eigenvalue weighted by molar-refractivity contribution is 7.00. The fraction of sp³-hybridized carbons (Fsp3) is 0.155. The monoisotopic (exact) mass is 1440 g/mol. The molecule has 5 heterocycles. The molecule has 0 bridgehead atoms. The molecule has 19 rings (SSSR count). The first-order chi connectivity index (χ1) is 56.9. The quantitative estimate of drug-likeness (QED) is 0.128. The first-order valence-corrected chi connectivity index (χ1v) is 38.4. The van der Waals surface area contributed by atoms with Crippen molar-refractivity contribution in [2.75, 3.05) is 9.80 Å². The Morgan fingerprint density at radius 2 is 0.685 bits per heavy atom. The topological polar surface area (TPSA) is 55.0 Å². The maximum absolute atomic E-state index is 9.97. The number of anilines is 6. The lowest BCUT2D eigenvalue weighted by Gasteiger charge is -2.46. The van der Waals surface area contributed by atoms with E-state index in [1.807, 2.05) is 72.8 Å². The van der Waals surface area contributed by atoms with Crippen molar-refractivity contribution in [2.24, 2.45) is 0 Å². The average Bonchev–Trinajstić information content (AvgIpc) is 1.57. The molecule has 3 aromatic heterocycles. The standard InChI is InChI=1S/C103H88BN7/c1-100(2,3)71-47-54-89-81(57-71)82-58-72(101(4,5)6)48-55-90(82)109(89)75-49-51-84-91(63-75)110(88-53-46-70(65-32-18-13-19-33-65)56-79(88)66-34-20-14-21-35-66)93-61-74(103(10,11)12)62-94-95(93)104(84)85-52-50-76(108-86-44-30-28-42-77(86)78-43-29-31-45-87(78)108)64-92(85)111(94)96-80(67-36-22-15-23-37-67)59-73(102(7,8)9)60-83(96)99-106-97(68-38-24-16-25-39-68)105-98(107-99)69-40-26-17-27-41-69/h13-64H,1-12H3/i28D,29D,30D,31D,42D,43D,44D,45D. The van der Waals surface area contributed by atoms with Crippen molar-refractivity contribution in [1.82, 2.24) is 24.1 Å². The van der Waals surface area contributed by atoms with E-state index in [9.17, 15) is 8.22 Å². The van der Waals surface area contributed by atoms with Gasteiger partial charge in [-0.15, -0.1) is 0 Å². The summed E-state index contributed by atoms with van der Waals surface area (Å²) < 4.78 is 80.5. The van der Waals surface area contributed by atoms with E-state index in [0.717, 1.165) is 117 Å². The molecule has 0 unspecified atom stereocenters. The van der Waals surface area contributed by atoms with Crippen LogP contribution in [0.1, 0.15) is 116 Å². The van der Waals surface area contributed by atoms with Gasteiger partial charge in [0.2, 0.25) is 0 Å². The van der Waals surface area contributed by atoms with Crippen LogP contribution in [-0.2, 0) is 21.7 Å². The number of rotatable bonds is 10. The summed E-state index contributed by atoms with van der Waals surface area (Å²) in [5.74, 6) is 1.35. The molecule has 7 nitrogen and oxygen atoms in total. The molecule has 0 fully saturated rings. The van der Waals surface area contributed by atoms with Gasteiger partial charge in [0.15, 0.2) is 17.5 Å². The van der Waals surface area contributed by atoms with Crippen LogP contribution in [0.25, 0.3) is 123 Å². The normalized spacial score (nSPS) is 14.0. The smallest absolute Gasteiger partial charge is 0.252 e. The van der Waals surface area contributed by atoms with Gasteiger partial charge in [-0.2, -0.15) is 0 Å². The third-order valence-electron chi connectivity index (χ3n) is 22.6. The maximum atomic E-state index is 9.97. The Hall–Kier alpha value is -12.6. The molecule has 0 aliphatic carbocycles. The van der Waals surface area contributed by atoms with E-state index in [1.54, 1.807) is 4.57 Å². The van der Waals surface area contributed by atoms with Gasteiger partial charge >= 0.3 is 0 Å². The Morgan fingerprint density at radius 3 is 1.17 bits per heavy atom. The predicted molar refractivity (Wildman–Crippen MR) is 470 cm³/mol. The number of hydrogen-bond donors (Lipinski definition) is 0. The number of benzene rings is 14. The Bertz CT molecular complexity index is 6860. The van der Waals surface area contributed by atoms with Gasteiger partial charge in [-0.1, -0.05) is 301 Å². The molecule has 0 spiro atoms. The van der Waals surface area contributed by atoms with Crippen molar-refractivity contribution in [3.8, 4) is 78.9 Å². The highest BCUT2D eigenvalue weighted by atomic mass is 15.2. The summed E-state index contributed by atoms with van der Waals surface area (Å²) in [7, 11) is 0. The van der Waals surface area contributed by atoms with Gasteiger partial charge in [-0.3, -0.25) is 0 Å². The number of para-hydroxylation sites is 2. The van der Waals surface area contributed by atoms with Crippen LogP contribution >= 0.6 is 0 Å². The van der Waals surface area contributed by atoms with Crippen LogP contribution in [0.5, 0.6) is 0 Å². The second-order valence-electron chi connectivity index (χ2n) is 33.9. The molecular weight excluding hydrogens is 1350 g/mol. The van der Waals surface area contributed by atoms with Gasteiger partial charge in [0.25, 0.3) is 6.71 Å². The van der Waals surface area contributed by atoms with Gasteiger partial charge < -0.3 is 18.9 Å². The molecular formula is C103H88BN7. The SMILES string of the molecule is [2H]c1c([2H])c([2H])c2c(c1[2H])c1c([2H])c([2H])c([2H])c([2H])c1n2-c1ccc2c(c1)N(c1c(-c3ccccc3)cc(C(C)(C)C)cc1-c1nc(-c3ccccc3)nc(-c3ccccc3)n1)c1cc(C(C)(C)C)cc3c1B2c1ccc(-n2c4ccc(C(C)(C)C)cc4c4cc(C(C)(C)C)ccc42)cc1N3c1ccc(-c2ccccc2)cc1-c1ccccc1. The zero-order valence-corrected chi connectivity index (χ0v) is 64.6. The lowest BCUT2D eigenvalue weighted by atomic mass is 9.33. The van der Waals surface area contributed by atoms with Crippen LogP contribution in [-0.4, -0.2) is 30.8 Å². The fourth-order valence-electron chi connectivity index (χ4n) is 16.7. The maximum Gasteiger partial charge on any atom is 0.252 e. The highest BCUT2D eigenvalue weighted by Gasteiger charge is 2.46. The van der Waals surface area contributed by atoms with Crippen LogP contribution in [0.4, 0.5) is 34.1 Å². The van der Waals surface area contributed by atoms with E-state index in [2.05, 4.69) is 292 Å². The summed E-state index contributed by atoms with van der Waals surface area (Å²) in [5.41, 5.74) is 23.0. The number of nitrogens with zero attached hydrogens (tertiary/aromatic N) is 7. The lowest BCUT2D eigenvalue weighted by molar-refractivity contribution is 0.590. The van der Waals surface area contributed by atoms with Gasteiger partial charge in [0, 0.05) is 83.5 Å². The molecule has 8 heteroatoms. The third-order valence-corrected chi connectivity index (χ3v) is 22.6. The Kier molecular flexibility index (Phi) is 14.1. The van der Waals surface area contributed by atoms with Gasteiger partial charge in [-0.05, 0) is 180 Å². The van der Waals surface area contributed by atoms with Crippen molar-refractivity contribution in [1.29, 1.82) is 0 Å². The van der Waals surface area contributed by atoms with E-state index in [0.29, 0.717) is 34.4 Å². The molecule has 0 amide bonds. The highest BCUT2D eigenvalue weighted by Crippen LogP contribution is 2.54. The van der Waals surface area contributed by atoms with E-state index in [4.69, 9.17) is 17.7 Å². The zero-order chi connectivity index (χ0) is 82.9. The van der Waals surface area contributed by atoms with Crippen molar-refractivity contribution >= 4 is 101 Å². The fourth-order valence-corrected chi connectivity index (χ4v) is 16.7.